The van der Waals surface area contributed by atoms with E-state index in [1.807, 2.05) is 6.07 Å². The Kier molecular flexibility index (Phi) is 4.10. The zero-order valence-electron chi connectivity index (χ0n) is 10.6. The molecule has 0 aromatic heterocycles. The number of carbonyl (C=O) groups excluding carboxylic acids is 2. The predicted octanol–water partition coefficient (Wildman–Crippen LogP) is 1.92. The molecular formula is C14H18N2O2. The summed E-state index contributed by atoms with van der Waals surface area (Å²) in [6, 6.07) is 7.00. The Morgan fingerprint density at radius 2 is 2.28 bits per heavy atom. The minimum atomic E-state index is -0.0605. The Labute approximate surface area is 107 Å². The van der Waals surface area contributed by atoms with Gasteiger partial charge in [-0.2, -0.15) is 0 Å². The molecular weight excluding hydrogens is 228 g/mol. The Morgan fingerprint density at radius 1 is 1.50 bits per heavy atom. The number of benzene rings is 1. The van der Waals surface area contributed by atoms with Crippen LogP contribution in [0, 0.1) is 0 Å². The number of para-hydroxylation sites is 1. The van der Waals surface area contributed by atoms with Crippen molar-refractivity contribution in [2.45, 2.75) is 25.8 Å². The summed E-state index contributed by atoms with van der Waals surface area (Å²) in [6.45, 7) is 3.92. The van der Waals surface area contributed by atoms with Crippen molar-refractivity contribution >= 4 is 17.9 Å². The lowest BCUT2D eigenvalue weighted by Gasteiger charge is -2.22. The van der Waals surface area contributed by atoms with Crippen LogP contribution >= 0.6 is 0 Å². The number of carbonyl (C=O) groups is 2. The van der Waals surface area contributed by atoms with Crippen LogP contribution in [0.1, 0.15) is 30.1 Å². The van der Waals surface area contributed by atoms with Crippen molar-refractivity contribution in [2.24, 2.45) is 0 Å². The highest BCUT2D eigenvalue weighted by molar-refractivity contribution is 5.99. The van der Waals surface area contributed by atoms with Crippen LogP contribution < -0.4 is 5.32 Å². The van der Waals surface area contributed by atoms with E-state index in [2.05, 4.69) is 17.1 Å². The SMILES string of the molecule is CCN1CCC[C@H]1C(=O)Nc1ccccc1C=O. The van der Waals surface area contributed by atoms with Gasteiger partial charge in [-0.1, -0.05) is 19.1 Å². The summed E-state index contributed by atoms with van der Waals surface area (Å²) >= 11 is 0. The van der Waals surface area contributed by atoms with Gasteiger partial charge in [-0.15, -0.1) is 0 Å². The van der Waals surface area contributed by atoms with Crippen LogP contribution in [-0.2, 0) is 4.79 Å². The first-order chi connectivity index (χ1) is 8.76. The van der Waals surface area contributed by atoms with Crippen molar-refractivity contribution in [3.05, 3.63) is 29.8 Å². The Balaban J connectivity index is 2.09. The maximum Gasteiger partial charge on any atom is 0.241 e. The number of likely N-dealkylation sites (tertiary alicyclic amines) is 1. The fraction of sp³-hybridized carbons (Fsp3) is 0.429. The first-order valence-corrected chi connectivity index (χ1v) is 6.35. The quantitative estimate of drug-likeness (QED) is 0.826. The first-order valence-electron chi connectivity index (χ1n) is 6.35. The van der Waals surface area contributed by atoms with E-state index in [1.54, 1.807) is 18.2 Å². The molecule has 4 nitrogen and oxygen atoms in total. The number of amides is 1. The summed E-state index contributed by atoms with van der Waals surface area (Å²) in [6.07, 6.45) is 2.71. The van der Waals surface area contributed by atoms with Gasteiger partial charge < -0.3 is 5.32 Å². The number of rotatable bonds is 4. The molecule has 0 saturated carbocycles. The molecule has 0 aliphatic carbocycles. The van der Waals surface area contributed by atoms with Crippen molar-refractivity contribution in [1.82, 2.24) is 4.90 Å². The van der Waals surface area contributed by atoms with Crippen LogP contribution in [0.25, 0.3) is 0 Å². The molecule has 1 aromatic carbocycles. The van der Waals surface area contributed by atoms with Crippen LogP contribution in [0.15, 0.2) is 24.3 Å². The van der Waals surface area contributed by atoms with Gasteiger partial charge in [0.05, 0.1) is 11.7 Å². The number of anilines is 1. The van der Waals surface area contributed by atoms with Crippen LogP contribution in [-0.4, -0.2) is 36.2 Å². The first kappa shape index (κ1) is 12.8. The number of aldehydes is 1. The Hall–Kier alpha value is -1.68. The fourth-order valence-corrected chi connectivity index (χ4v) is 2.43. The van der Waals surface area contributed by atoms with Crippen LogP contribution in [0.4, 0.5) is 5.69 Å². The van der Waals surface area contributed by atoms with Crippen molar-refractivity contribution in [3.8, 4) is 0 Å². The molecule has 0 radical (unpaired) electrons. The normalized spacial score (nSPS) is 19.7. The highest BCUT2D eigenvalue weighted by Crippen LogP contribution is 2.19. The molecule has 2 rings (SSSR count). The van der Waals surface area contributed by atoms with Crippen LogP contribution in [0.2, 0.25) is 0 Å². The zero-order valence-corrected chi connectivity index (χ0v) is 10.6. The molecule has 1 fully saturated rings. The van der Waals surface area contributed by atoms with E-state index >= 15 is 0 Å². The molecule has 1 aliphatic rings. The van der Waals surface area contributed by atoms with E-state index in [4.69, 9.17) is 0 Å². The third kappa shape index (κ3) is 2.59. The summed E-state index contributed by atoms with van der Waals surface area (Å²) in [5, 5.41) is 2.86. The molecule has 1 heterocycles. The molecule has 1 aromatic rings. The lowest BCUT2D eigenvalue weighted by molar-refractivity contribution is -0.120. The maximum atomic E-state index is 12.2. The Morgan fingerprint density at radius 3 is 3.00 bits per heavy atom. The molecule has 1 atom stereocenters. The van der Waals surface area contributed by atoms with Gasteiger partial charge in [-0.05, 0) is 38.1 Å². The van der Waals surface area contributed by atoms with E-state index in [0.717, 1.165) is 32.2 Å². The fourth-order valence-electron chi connectivity index (χ4n) is 2.43. The van der Waals surface area contributed by atoms with Crippen molar-refractivity contribution in [1.29, 1.82) is 0 Å². The average molecular weight is 246 g/mol. The second kappa shape index (κ2) is 5.78. The van der Waals surface area contributed by atoms with E-state index in [0.29, 0.717) is 11.3 Å². The van der Waals surface area contributed by atoms with E-state index < -0.39 is 0 Å². The van der Waals surface area contributed by atoms with Crippen molar-refractivity contribution < 1.29 is 9.59 Å². The lowest BCUT2D eigenvalue weighted by Crippen LogP contribution is -2.39. The molecule has 0 bridgehead atoms. The van der Waals surface area contributed by atoms with Gasteiger partial charge in [0.2, 0.25) is 5.91 Å². The topological polar surface area (TPSA) is 49.4 Å². The Bertz CT molecular complexity index is 445. The summed E-state index contributed by atoms with van der Waals surface area (Å²) in [5.41, 5.74) is 1.12. The second-order valence-corrected chi connectivity index (χ2v) is 4.48. The average Bonchev–Trinajstić information content (AvgIpc) is 2.87. The zero-order chi connectivity index (χ0) is 13.0. The summed E-state index contributed by atoms with van der Waals surface area (Å²) < 4.78 is 0. The summed E-state index contributed by atoms with van der Waals surface area (Å²) in [7, 11) is 0. The van der Waals surface area contributed by atoms with E-state index in [9.17, 15) is 9.59 Å². The van der Waals surface area contributed by atoms with Gasteiger partial charge in [-0.25, -0.2) is 0 Å². The summed E-state index contributed by atoms with van der Waals surface area (Å²) in [4.78, 5) is 25.2. The van der Waals surface area contributed by atoms with Crippen molar-refractivity contribution in [3.63, 3.8) is 0 Å². The maximum absolute atomic E-state index is 12.2. The molecule has 0 unspecified atom stereocenters. The predicted molar refractivity (Wildman–Crippen MR) is 70.7 cm³/mol. The number of nitrogens with one attached hydrogen (secondary N) is 1. The van der Waals surface area contributed by atoms with Gasteiger partial charge in [0.25, 0.3) is 0 Å². The second-order valence-electron chi connectivity index (χ2n) is 4.48. The molecule has 1 saturated heterocycles. The third-order valence-corrected chi connectivity index (χ3v) is 3.42. The minimum Gasteiger partial charge on any atom is -0.324 e. The van der Waals surface area contributed by atoms with Crippen LogP contribution in [0.5, 0.6) is 0 Å². The van der Waals surface area contributed by atoms with E-state index in [1.165, 1.54) is 0 Å². The molecule has 18 heavy (non-hydrogen) atoms. The molecule has 0 spiro atoms. The van der Waals surface area contributed by atoms with E-state index in [-0.39, 0.29) is 11.9 Å². The minimum absolute atomic E-state index is 0.0105. The lowest BCUT2D eigenvalue weighted by atomic mass is 10.1. The molecule has 96 valence electrons. The largest absolute Gasteiger partial charge is 0.324 e. The van der Waals surface area contributed by atoms with Gasteiger partial charge in [0, 0.05) is 5.56 Å². The van der Waals surface area contributed by atoms with Gasteiger partial charge in [0.15, 0.2) is 6.29 Å². The third-order valence-electron chi connectivity index (χ3n) is 3.42. The standard InChI is InChI=1S/C14H18N2O2/c1-2-16-9-5-8-13(16)14(18)15-12-7-4-3-6-11(12)10-17/h3-4,6-7,10,13H,2,5,8-9H2,1H3,(H,15,18)/t13-/m0/s1. The smallest absolute Gasteiger partial charge is 0.241 e. The molecule has 1 N–H and O–H groups in total. The number of likely N-dealkylation sites (N-methyl/N-ethyl adjacent to an activating group) is 1. The molecule has 4 heteroatoms. The van der Waals surface area contributed by atoms with Crippen LogP contribution in [0.3, 0.4) is 0 Å². The van der Waals surface area contributed by atoms with Crippen molar-refractivity contribution in [2.75, 3.05) is 18.4 Å². The number of nitrogens with zero attached hydrogens (tertiary/aromatic N) is 1. The number of hydrogen-bond acceptors (Lipinski definition) is 3. The molecule has 1 amide bonds. The monoisotopic (exact) mass is 246 g/mol. The molecule has 1 aliphatic heterocycles. The van der Waals surface area contributed by atoms with Gasteiger partial charge >= 0.3 is 0 Å². The highest BCUT2D eigenvalue weighted by Gasteiger charge is 2.29. The van der Waals surface area contributed by atoms with Gasteiger partial charge in [0.1, 0.15) is 0 Å². The number of hydrogen-bond donors (Lipinski definition) is 1. The highest BCUT2D eigenvalue weighted by atomic mass is 16.2. The van der Waals surface area contributed by atoms with Gasteiger partial charge in [-0.3, -0.25) is 14.5 Å². The summed E-state index contributed by atoms with van der Waals surface area (Å²) in [5.74, 6) is -0.0105.